The minimum atomic E-state index is -0.962. The number of hydrogen-bond acceptors (Lipinski definition) is 7. The molecule has 3 aromatic carbocycles. The number of methoxy groups -OCH3 is 2. The van der Waals surface area contributed by atoms with Gasteiger partial charge in [-0.05, 0) is 66.2 Å². The van der Waals surface area contributed by atoms with Gasteiger partial charge in [0.15, 0.2) is 18.1 Å². The van der Waals surface area contributed by atoms with Gasteiger partial charge < -0.3 is 24.6 Å². The van der Waals surface area contributed by atoms with E-state index in [0.717, 1.165) is 17.7 Å². The number of nitrogens with zero attached hydrogens (tertiary/aromatic N) is 2. The van der Waals surface area contributed by atoms with Crippen molar-refractivity contribution >= 4 is 40.1 Å². The Morgan fingerprint density at radius 2 is 1.78 bits per heavy atom. The molecule has 5 rings (SSSR count). The van der Waals surface area contributed by atoms with Crippen LogP contribution >= 0.6 is 0 Å². The number of pyridine rings is 1. The van der Waals surface area contributed by atoms with E-state index in [-0.39, 0.29) is 12.5 Å². The van der Waals surface area contributed by atoms with Crippen LogP contribution in [0.3, 0.4) is 0 Å². The van der Waals surface area contributed by atoms with E-state index >= 15 is 0 Å². The van der Waals surface area contributed by atoms with Gasteiger partial charge in [0.05, 0.1) is 31.0 Å². The molecule has 0 fully saturated rings. The zero-order valence-electron chi connectivity index (χ0n) is 23.1. The highest BCUT2D eigenvalue weighted by molar-refractivity contribution is 6.06. The van der Waals surface area contributed by atoms with Crippen LogP contribution in [0.25, 0.3) is 22.6 Å². The molecule has 1 aliphatic rings. The summed E-state index contributed by atoms with van der Waals surface area (Å²) in [5.41, 5.74) is 4.73. The van der Waals surface area contributed by atoms with E-state index in [0.29, 0.717) is 63.7 Å². The summed E-state index contributed by atoms with van der Waals surface area (Å²) in [6, 6.07) is 19.8. The van der Waals surface area contributed by atoms with E-state index < -0.39 is 5.97 Å². The van der Waals surface area contributed by atoms with Crippen LogP contribution in [0, 0.1) is 0 Å². The number of carboxylic acid groups (broad SMARTS) is 1. The number of ether oxygens (including phenoxy) is 3. The third-order valence-electron chi connectivity index (χ3n) is 7.00. The normalized spacial score (nSPS) is 14.0. The van der Waals surface area contributed by atoms with Crippen LogP contribution in [0.15, 0.2) is 66.7 Å². The van der Waals surface area contributed by atoms with Crippen LogP contribution in [0.5, 0.6) is 17.2 Å². The van der Waals surface area contributed by atoms with Crippen molar-refractivity contribution in [1.82, 2.24) is 9.88 Å². The van der Waals surface area contributed by atoms with E-state index in [1.54, 1.807) is 43.5 Å². The van der Waals surface area contributed by atoms with Gasteiger partial charge in [-0.25, -0.2) is 9.78 Å². The third-order valence-corrected chi connectivity index (χ3v) is 7.00. The lowest BCUT2D eigenvalue weighted by Crippen LogP contribution is -2.31. The second-order valence-electron chi connectivity index (χ2n) is 9.58. The van der Waals surface area contributed by atoms with E-state index in [1.807, 2.05) is 36.4 Å². The lowest BCUT2D eigenvalue weighted by molar-refractivity contribution is -0.118. The lowest BCUT2D eigenvalue weighted by Gasteiger charge is -2.30. The minimum absolute atomic E-state index is 0.198. The van der Waals surface area contributed by atoms with Crippen molar-refractivity contribution in [2.45, 2.75) is 13.5 Å². The molecule has 0 unspecified atom stereocenters. The molecule has 0 saturated carbocycles. The highest BCUT2D eigenvalue weighted by Crippen LogP contribution is 2.35. The van der Waals surface area contributed by atoms with Crippen molar-refractivity contribution in [3.8, 4) is 17.2 Å². The van der Waals surface area contributed by atoms with Crippen molar-refractivity contribution in [3.63, 3.8) is 0 Å². The monoisotopic (exact) mass is 553 g/mol. The maximum atomic E-state index is 12.4. The van der Waals surface area contributed by atoms with Gasteiger partial charge >= 0.3 is 5.97 Å². The number of fused-ring (bicyclic) bond motifs is 2. The predicted molar refractivity (Wildman–Crippen MR) is 158 cm³/mol. The fourth-order valence-corrected chi connectivity index (χ4v) is 4.96. The van der Waals surface area contributed by atoms with Gasteiger partial charge in [-0.1, -0.05) is 31.2 Å². The Morgan fingerprint density at radius 3 is 2.49 bits per heavy atom. The molecule has 9 heteroatoms. The number of aromatic nitrogens is 1. The first kappa shape index (κ1) is 27.7. The van der Waals surface area contributed by atoms with Gasteiger partial charge in [0.2, 0.25) is 0 Å². The number of carbonyl (C=O) groups excluding carboxylic acids is 1. The number of para-hydroxylation sites is 1. The Morgan fingerprint density at radius 1 is 1.00 bits per heavy atom. The first-order valence-electron chi connectivity index (χ1n) is 13.2. The van der Waals surface area contributed by atoms with Crippen LogP contribution in [0.4, 0.5) is 5.69 Å². The number of carbonyl (C=O) groups is 2. The molecule has 0 radical (unpaired) electrons. The molecular formula is C32H31N3O6. The van der Waals surface area contributed by atoms with Crippen LogP contribution in [0.1, 0.15) is 34.1 Å². The Balaban J connectivity index is 1.41. The summed E-state index contributed by atoms with van der Waals surface area (Å²) in [5, 5.41) is 13.6. The number of nitrogens with one attached hydrogen (secondary N) is 1. The maximum Gasteiger partial charge on any atom is 0.336 e. The number of hydrogen-bond donors (Lipinski definition) is 2. The van der Waals surface area contributed by atoms with Gasteiger partial charge in [0.25, 0.3) is 5.91 Å². The summed E-state index contributed by atoms with van der Waals surface area (Å²) in [6.07, 6.45) is 2.00. The average molecular weight is 554 g/mol. The predicted octanol–water partition coefficient (Wildman–Crippen LogP) is 5.34. The highest BCUT2D eigenvalue weighted by Gasteiger charge is 2.28. The summed E-state index contributed by atoms with van der Waals surface area (Å²) in [6.45, 7) is 3.75. The van der Waals surface area contributed by atoms with Gasteiger partial charge in [-0.15, -0.1) is 0 Å². The third kappa shape index (κ3) is 6.00. The van der Waals surface area contributed by atoms with E-state index in [1.165, 1.54) is 7.11 Å². The van der Waals surface area contributed by atoms with E-state index in [4.69, 9.17) is 19.2 Å². The van der Waals surface area contributed by atoms with Crippen LogP contribution < -0.4 is 19.5 Å². The molecule has 4 aromatic rings. The van der Waals surface area contributed by atoms with Crippen molar-refractivity contribution in [2.24, 2.45) is 0 Å². The molecule has 41 heavy (non-hydrogen) atoms. The fourth-order valence-electron chi connectivity index (χ4n) is 4.96. The van der Waals surface area contributed by atoms with Gasteiger partial charge in [-0.2, -0.15) is 0 Å². The van der Waals surface area contributed by atoms with Crippen LogP contribution in [-0.2, 0) is 11.3 Å². The Kier molecular flexibility index (Phi) is 8.16. The molecule has 0 aliphatic carbocycles. The Labute approximate surface area is 238 Å². The minimum Gasteiger partial charge on any atom is -0.497 e. The van der Waals surface area contributed by atoms with E-state index in [9.17, 15) is 14.7 Å². The number of carboxylic acids is 1. The molecule has 0 bridgehead atoms. The van der Waals surface area contributed by atoms with Crippen molar-refractivity contribution < 1.29 is 28.9 Å². The summed E-state index contributed by atoms with van der Waals surface area (Å²) < 4.78 is 16.5. The first-order chi connectivity index (χ1) is 19.9. The summed E-state index contributed by atoms with van der Waals surface area (Å²) >= 11 is 0. The second-order valence-corrected chi connectivity index (χ2v) is 9.58. The Hall–Kier alpha value is -4.89. The molecule has 9 nitrogen and oxygen atoms in total. The summed E-state index contributed by atoms with van der Waals surface area (Å²) in [7, 11) is 3.12. The fraction of sp³-hybridized carbons (Fsp3) is 0.219. The standard InChI is InChI=1S/C32H31N3O6/c1-4-35-17-21(31-25(18-35)30(32(37)38)24-7-5-6-8-26(24)34-31)15-20-9-14-27(28(16-20)40-3)41-19-29(36)33-22-10-12-23(39-2)13-11-22/h5-16H,4,17-19H2,1-3H3,(H,33,36)(H,37,38)/b21-15+. The highest BCUT2D eigenvalue weighted by atomic mass is 16.5. The molecule has 0 saturated heterocycles. The molecule has 1 aromatic heterocycles. The molecule has 2 heterocycles. The molecule has 1 amide bonds. The van der Waals surface area contributed by atoms with Gasteiger partial charge in [0.1, 0.15) is 5.75 Å². The number of amides is 1. The Bertz CT molecular complexity index is 1630. The second kappa shape index (κ2) is 12.1. The zero-order valence-corrected chi connectivity index (χ0v) is 23.1. The molecule has 210 valence electrons. The van der Waals surface area contributed by atoms with Crippen molar-refractivity contribution in [1.29, 1.82) is 0 Å². The maximum absolute atomic E-state index is 12.4. The number of rotatable bonds is 9. The number of anilines is 1. The van der Waals surface area contributed by atoms with E-state index in [2.05, 4.69) is 17.1 Å². The lowest BCUT2D eigenvalue weighted by atomic mass is 9.92. The largest absolute Gasteiger partial charge is 0.497 e. The molecule has 0 atom stereocenters. The zero-order chi connectivity index (χ0) is 28.9. The van der Waals surface area contributed by atoms with Crippen LogP contribution in [0.2, 0.25) is 0 Å². The van der Waals surface area contributed by atoms with Gasteiger partial charge in [-0.3, -0.25) is 9.69 Å². The van der Waals surface area contributed by atoms with Crippen molar-refractivity contribution in [3.05, 3.63) is 89.1 Å². The molecular weight excluding hydrogens is 522 g/mol. The van der Waals surface area contributed by atoms with Crippen molar-refractivity contribution in [2.75, 3.05) is 39.2 Å². The average Bonchev–Trinajstić information content (AvgIpc) is 2.99. The van der Waals surface area contributed by atoms with Crippen LogP contribution in [-0.4, -0.2) is 60.8 Å². The summed E-state index contributed by atoms with van der Waals surface area (Å²) in [5.74, 6) is 0.323. The number of likely N-dealkylation sites (N-methyl/N-ethyl adjacent to an activating group) is 1. The molecule has 0 spiro atoms. The number of aromatic carboxylic acids is 1. The smallest absolute Gasteiger partial charge is 0.336 e. The SMILES string of the molecule is CCN1C/C(=C\c2ccc(OCC(=O)Nc3ccc(OC)cc3)c(OC)c2)c2nc3ccccc3c(C(=O)O)c2C1. The topological polar surface area (TPSA) is 110 Å². The van der Waals surface area contributed by atoms with Gasteiger partial charge in [0, 0.05) is 29.7 Å². The molecule has 1 aliphatic heterocycles. The number of benzene rings is 3. The molecule has 2 N–H and O–H groups in total. The first-order valence-corrected chi connectivity index (χ1v) is 13.2. The summed E-state index contributed by atoms with van der Waals surface area (Å²) in [4.78, 5) is 31.9. The quantitative estimate of drug-likeness (QED) is 0.286.